The average Bonchev–Trinajstić information content (AvgIpc) is 3.63. The van der Waals surface area contributed by atoms with Gasteiger partial charge in [-0.3, -0.25) is 14.6 Å². The first-order chi connectivity index (χ1) is 21.5. The fourth-order valence-corrected chi connectivity index (χ4v) is 6.12. The lowest BCUT2D eigenvalue weighted by Gasteiger charge is -2.41. The molecule has 0 unspecified atom stereocenters. The van der Waals surface area contributed by atoms with Crippen LogP contribution in [-0.4, -0.2) is 92.9 Å². The molecule has 0 bridgehead atoms. The standard InChI is InChI=1S/C30H32F6N8O/c31-29(32,33)21-11-19(12-22(14-21)30(34,35)36)28(45)44-10-9-43(16-23(44)13-20-15-38-25-4-2-1-3-24(20)25)18-27-26(39-41-40-27)17-42-7-5-37-6-8-42/h1-4,11-12,14-15,23,37-38H,5-10,13,16-18H2,(H,39,40,41)/t23-/m1/s1. The molecule has 2 aliphatic heterocycles. The molecule has 240 valence electrons. The van der Waals surface area contributed by atoms with Crippen molar-refractivity contribution < 1.29 is 31.1 Å². The quantitative estimate of drug-likeness (QED) is 0.263. The van der Waals surface area contributed by atoms with Crippen molar-refractivity contribution in [3.05, 3.63) is 82.3 Å². The van der Waals surface area contributed by atoms with Crippen molar-refractivity contribution in [3.63, 3.8) is 0 Å². The van der Waals surface area contributed by atoms with Gasteiger partial charge in [0.1, 0.15) is 11.4 Å². The maximum absolute atomic E-state index is 13.8. The van der Waals surface area contributed by atoms with Gasteiger partial charge in [-0.1, -0.05) is 18.2 Å². The Morgan fingerprint density at radius 2 is 1.49 bits per heavy atom. The summed E-state index contributed by atoms with van der Waals surface area (Å²) in [6.07, 6.45) is -7.96. The van der Waals surface area contributed by atoms with Crippen molar-refractivity contribution in [1.82, 2.24) is 40.4 Å². The van der Waals surface area contributed by atoms with Crippen LogP contribution in [0.4, 0.5) is 26.3 Å². The molecule has 2 aliphatic rings. The van der Waals surface area contributed by atoms with E-state index in [0.29, 0.717) is 44.7 Å². The molecule has 0 saturated carbocycles. The Labute approximate surface area is 254 Å². The number of halogens is 6. The molecule has 2 aromatic carbocycles. The Balaban J connectivity index is 1.28. The van der Waals surface area contributed by atoms with Gasteiger partial charge in [0.25, 0.3) is 5.91 Å². The smallest absolute Gasteiger partial charge is 0.361 e. The minimum absolute atomic E-state index is 0.0358. The lowest BCUT2D eigenvalue weighted by atomic mass is 9.98. The number of alkyl halides is 6. The van der Waals surface area contributed by atoms with E-state index in [1.807, 2.05) is 30.5 Å². The molecule has 45 heavy (non-hydrogen) atoms. The number of hydrogen-bond acceptors (Lipinski definition) is 6. The normalized spacial score (nSPS) is 19.0. The zero-order valence-corrected chi connectivity index (χ0v) is 24.2. The van der Waals surface area contributed by atoms with Crippen LogP contribution in [0.3, 0.4) is 0 Å². The summed E-state index contributed by atoms with van der Waals surface area (Å²) in [6.45, 7) is 5.36. The molecule has 4 aromatic rings. The summed E-state index contributed by atoms with van der Waals surface area (Å²) < 4.78 is 81.7. The summed E-state index contributed by atoms with van der Waals surface area (Å²) in [5, 5.41) is 15.7. The first-order valence-corrected chi connectivity index (χ1v) is 14.6. The Morgan fingerprint density at radius 3 is 2.16 bits per heavy atom. The largest absolute Gasteiger partial charge is 0.416 e. The predicted molar refractivity (Wildman–Crippen MR) is 153 cm³/mol. The number of H-pyrrole nitrogens is 2. The Bertz CT molecular complexity index is 1610. The van der Waals surface area contributed by atoms with Gasteiger partial charge in [0.05, 0.1) is 11.1 Å². The second-order valence-corrected chi connectivity index (χ2v) is 11.5. The molecular formula is C30H32F6N8O. The number of fused-ring (bicyclic) bond motifs is 1. The highest BCUT2D eigenvalue weighted by Crippen LogP contribution is 2.37. The van der Waals surface area contributed by atoms with Crippen molar-refractivity contribution in [2.75, 3.05) is 45.8 Å². The highest BCUT2D eigenvalue weighted by molar-refractivity contribution is 5.95. The van der Waals surface area contributed by atoms with Gasteiger partial charge >= 0.3 is 12.4 Å². The van der Waals surface area contributed by atoms with E-state index in [1.165, 1.54) is 4.90 Å². The molecule has 15 heteroatoms. The zero-order valence-electron chi connectivity index (χ0n) is 24.2. The number of carbonyl (C=O) groups excluding carboxylic acids is 1. The fraction of sp³-hybridized carbons (Fsp3) is 0.433. The van der Waals surface area contributed by atoms with Crippen molar-refractivity contribution in [3.8, 4) is 0 Å². The molecular weight excluding hydrogens is 602 g/mol. The lowest BCUT2D eigenvalue weighted by molar-refractivity contribution is -0.143. The summed E-state index contributed by atoms with van der Waals surface area (Å²) >= 11 is 0. The van der Waals surface area contributed by atoms with Crippen LogP contribution >= 0.6 is 0 Å². The van der Waals surface area contributed by atoms with Crippen LogP contribution in [0, 0.1) is 0 Å². The van der Waals surface area contributed by atoms with Crippen molar-refractivity contribution in [2.24, 2.45) is 0 Å². The molecule has 3 N–H and O–H groups in total. The highest BCUT2D eigenvalue weighted by atomic mass is 19.4. The van der Waals surface area contributed by atoms with Crippen LogP contribution in [0.5, 0.6) is 0 Å². The van der Waals surface area contributed by atoms with Crippen LogP contribution in [-0.2, 0) is 31.9 Å². The third-order valence-corrected chi connectivity index (χ3v) is 8.45. The molecule has 4 heterocycles. The Hall–Kier alpha value is -3.95. The zero-order chi connectivity index (χ0) is 31.8. The highest BCUT2D eigenvalue weighted by Gasteiger charge is 2.39. The molecule has 2 saturated heterocycles. The summed E-state index contributed by atoms with van der Waals surface area (Å²) in [4.78, 5) is 22.8. The average molecular weight is 635 g/mol. The molecule has 9 nitrogen and oxygen atoms in total. The SMILES string of the molecule is O=C(c1cc(C(F)(F)F)cc(C(F)(F)F)c1)N1CCN(Cc2n[nH]nc2CN2CCNCC2)C[C@H]1Cc1c[nH]c2ccccc12. The molecule has 1 atom stereocenters. The van der Waals surface area contributed by atoms with E-state index in [1.54, 1.807) is 0 Å². The molecule has 1 amide bonds. The van der Waals surface area contributed by atoms with Gasteiger partial charge in [-0.25, -0.2) is 0 Å². The number of hydrogen-bond donors (Lipinski definition) is 3. The van der Waals surface area contributed by atoms with E-state index in [-0.39, 0.29) is 12.6 Å². The summed E-state index contributed by atoms with van der Waals surface area (Å²) in [7, 11) is 0. The number of amides is 1. The first-order valence-electron chi connectivity index (χ1n) is 14.6. The number of aromatic amines is 2. The number of aromatic nitrogens is 4. The maximum Gasteiger partial charge on any atom is 0.416 e. The van der Waals surface area contributed by atoms with E-state index in [9.17, 15) is 31.1 Å². The second kappa shape index (κ2) is 12.4. The van der Waals surface area contributed by atoms with Gasteiger partial charge in [0.2, 0.25) is 0 Å². The van der Waals surface area contributed by atoms with E-state index in [0.717, 1.165) is 54.0 Å². The van der Waals surface area contributed by atoms with Crippen molar-refractivity contribution in [2.45, 2.75) is 37.9 Å². The second-order valence-electron chi connectivity index (χ2n) is 11.5. The molecule has 2 fully saturated rings. The number of piperazine rings is 2. The van der Waals surface area contributed by atoms with E-state index in [2.05, 4.69) is 35.5 Å². The number of nitrogens with zero attached hydrogens (tertiary/aromatic N) is 5. The summed E-state index contributed by atoms with van der Waals surface area (Å²) in [5.74, 6) is -0.878. The van der Waals surface area contributed by atoms with Crippen LogP contribution in [0.1, 0.15) is 38.4 Å². The third-order valence-electron chi connectivity index (χ3n) is 8.45. The molecule has 6 rings (SSSR count). The topological polar surface area (TPSA) is 96.2 Å². The van der Waals surface area contributed by atoms with Gasteiger partial charge in [0, 0.05) is 87.6 Å². The van der Waals surface area contributed by atoms with Crippen LogP contribution in [0.2, 0.25) is 0 Å². The van der Waals surface area contributed by atoms with Crippen molar-refractivity contribution in [1.29, 1.82) is 0 Å². The van der Waals surface area contributed by atoms with Crippen LogP contribution in [0.15, 0.2) is 48.7 Å². The maximum atomic E-state index is 13.8. The Kier molecular flexibility index (Phi) is 8.59. The molecule has 0 radical (unpaired) electrons. The van der Waals surface area contributed by atoms with E-state index in [4.69, 9.17) is 0 Å². The van der Waals surface area contributed by atoms with Crippen LogP contribution < -0.4 is 5.32 Å². The van der Waals surface area contributed by atoms with Crippen molar-refractivity contribution >= 4 is 16.8 Å². The third kappa shape index (κ3) is 6.99. The first kappa shape index (κ1) is 31.0. The minimum Gasteiger partial charge on any atom is -0.361 e. The van der Waals surface area contributed by atoms with Gasteiger partial charge < -0.3 is 15.2 Å². The molecule has 0 spiro atoms. The minimum atomic E-state index is -5.06. The van der Waals surface area contributed by atoms with Gasteiger partial charge in [-0.2, -0.15) is 41.8 Å². The monoisotopic (exact) mass is 634 g/mol. The summed E-state index contributed by atoms with van der Waals surface area (Å²) in [6, 6.07) is 8.08. The van der Waals surface area contributed by atoms with E-state index >= 15 is 0 Å². The lowest BCUT2D eigenvalue weighted by Crippen LogP contribution is -2.55. The number of nitrogens with one attached hydrogen (secondary N) is 3. The molecule has 2 aromatic heterocycles. The van der Waals surface area contributed by atoms with Crippen LogP contribution in [0.25, 0.3) is 10.9 Å². The number of rotatable bonds is 7. The number of carbonyl (C=O) groups is 1. The molecule has 0 aliphatic carbocycles. The number of benzene rings is 2. The van der Waals surface area contributed by atoms with Gasteiger partial charge in [0.15, 0.2) is 0 Å². The van der Waals surface area contributed by atoms with E-state index < -0.39 is 41.0 Å². The predicted octanol–water partition coefficient (Wildman–Crippen LogP) is 4.30. The fourth-order valence-electron chi connectivity index (χ4n) is 6.12. The Morgan fingerprint density at radius 1 is 0.844 bits per heavy atom. The van der Waals surface area contributed by atoms with Gasteiger partial charge in [-0.15, -0.1) is 0 Å². The number of para-hydroxylation sites is 1. The van der Waals surface area contributed by atoms with Gasteiger partial charge in [-0.05, 0) is 36.2 Å². The summed E-state index contributed by atoms with van der Waals surface area (Å²) in [5.41, 5.74) is -0.350.